The Morgan fingerprint density at radius 3 is 2.74 bits per heavy atom. The van der Waals surface area contributed by atoms with Crippen molar-refractivity contribution in [3.8, 4) is 0 Å². The van der Waals surface area contributed by atoms with Crippen molar-refractivity contribution in [2.24, 2.45) is 0 Å². The molecule has 0 saturated carbocycles. The van der Waals surface area contributed by atoms with Gasteiger partial charge in [-0.25, -0.2) is 0 Å². The molecule has 5 nitrogen and oxygen atoms in total. The van der Waals surface area contributed by atoms with Gasteiger partial charge in [-0.1, -0.05) is 18.2 Å². The van der Waals surface area contributed by atoms with E-state index in [0.29, 0.717) is 17.2 Å². The Morgan fingerprint density at radius 2 is 1.89 bits per heavy atom. The molecule has 1 amide bonds. The summed E-state index contributed by atoms with van der Waals surface area (Å²) in [5.74, 6) is 0.169. The highest BCUT2D eigenvalue weighted by Crippen LogP contribution is 2.17. The first-order chi connectivity index (χ1) is 9.25. The van der Waals surface area contributed by atoms with Crippen LogP contribution in [-0.4, -0.2) is 20.5 Å². The van der Waals surface area contributed by atoms with Crippen molar-refractivity contribution in [1.82, 2.24) is 14.6 Å². The van der Waals surface area contributed by atoms with Crippen LogP contribution in [0.25, 0.3) is 5.65 Å². The first-order valence-electron chi connectivity index (χ1n) is 5.61. The number of aromatic nitrogens is 3. The van der Waals surface area contributed by atoms with Gasteiger partial charge < -0.3 is 0 Å². The van der Waals surface area contributed by atoms with Crippen LogP contribution >= 0.6 is 15.9 Å². The molecule has 19 heavy (non-hydrogen) atoms. The average molecular weight is 317 g/mol. The van der Waals surface area contributed by atoms with Gasteiger partial charge >= 0.3 is 0 Å². The number of anilines is 1. The first-order valence-corrected chi connectivity index (χ1v) is 6.40. The van der Waals surface area contributed by atoms with Crippen LogP contribution in [0.3, 0.4) is 0 Å². The number of hydrogen-bond acceptors (Lipinski definition) is 3. The lowest BCUT2D eigenvalue weighted by Crippen LogP contribution is -2.14. The summed E-state index contributed by atoms with van der Waals surface area (Å²) >= 11 is 3.35. The molecule has 0 saturated heterocycles. The fourth-order valence-corrected chi connectivity index (χ4v) is 2.21. The third-order valence-corrected chi connectivity index (χ3v) is 3.35. The molecule has 94 valence electrons. The zero-order valence-electron chi connectivity index (χ0n) is 9.75. The summed E-state index contributed by atoms with van der Waals surface area (Å²) < 4.78 is 2.45. The largest absolute Gasteiger partial charge is 0.290 e. The van der Waals surface area contributed by atoms with E-state index in [2.05, 4.69) is 31.4 Å². The number of benzene rings is 1. The normalized spacial score (nSPS) is 10.6. The number of carbonyl (C=O) groups excluding carboxylic acids is 1. The van der Waals surface area contributed by atoms with Gasteiger partial charge in [0.1, 0.15) is 0 Å². The van der Waals surface area contributed by atoms with Gasteiger partial charge in [-0.15, -0.1) is 10.2 Å². The second-order valence-corrected chi connectivity index (χ2v) is 4.74. The number of rotatable bonds is 2. The maximum Gasteiger partial charge on any atom is 0.259 e. The Kier molecular flexibility index (Phi) is 3.00. The van der Waals surface area contributed by atoms with Gasteiger partial charge in [0.25, 0.3) is 5.91 Å². The van der Waals surface area contributed by atoms with Gasteiger partial charge in [-0.2, -0.15) is 0 Å². The number of pyridine rings is 1. The minimum atomic E-state index is -0.231. The van der Waals surface area contributed by atoms with Crippen LogP contribution in [0, 0.1) is 0 Å². The third kappa shape index (κ3) is 2.22. The van der Waals surface area contributed by atoms with E-state index in [1.807, 2.05) is 36.4 Å². The molecule has 2 heterocycles. The van der Waals surface area contributed by atoms with Gasteiger partial charge in [-0.05, 0) is 40.2 Å². The fourth-order valence-electron chi connectivity index (χ4n) is 1.74. The van der Waals surface area contributed by atoms with Crippen LogP contribution in [0.4, 0.5) is 5.95 Å². The Hall–Kier alpha value is -2.21. The highest BCUT2D eigenvalue weighted by Gasteiger charge is 2.12. The molecule has 3 aromatic rings. The molecule has 0 fully saturated rings. The number of halogens is 1. The average Bonchev–Trinajstić information content (AvgIpc) is 2.83. The lowest BCUT2D eigenvalue weighted by atomic mass is 10.2. The van der Waals surface area contributed by atoms with Crippen molar-refractivity contribution < 1.29 is 4.79 Å². The second kappa shape index (κ2) is 4.81. The summed E-state index contributed by atoms with van der Waals surface area (Å²) in [4.78, 5) is 12.2. The quantitative estimate of drug-likeness (QED) is 0.790. The van der Waals surface area contributed by atoms with E-state index < -0.39 is 0 Å². The predicted molar refractivity (Wildman–Crippen MR) is 75.1 cm³/mol. The molecular formula is C13H9BrN4O. The molecule has 0 spiro atoms. The SMILES string of the molecule is O=C(Nc1nnc2ccccn12)c1ccccc1Br. The predicted octanol–water partition coefficient (Wildman–Crippen LogP) is 2.74. The van der Waals surface area contributed by atoms with Crippen molar-refractivity contribution in [2.45, 2.75) is 0 Å². The van der Waals surface area contributed by atoms with Crippen molar-refractivity contribution in [1.29, 1.82) is 0 Å². The van der Waals surface area contributed by atoms with Crippen molar-refractivity contribution in [3.05, 3.63) is 58.7 Å². The van der Waals surface area contributed by atoms with Crippen molar-refractivity contribution in [2.75, 3.05) is 5.32 Å². The van der Waals surface area contributed by atoms with Crippen LogP contribution < -0.4 is 5.32 Å². The molecule has 1 aromatic carbocycles. The maximum atomic E-state index is 12.2. The van der Waals surface area contributed by atoms with E-state index >= 15 is 0 Å². The fraction of sp³-hybridized carbons (Fsp3) is 0. The van der Waals surface area contributed by atoms with E-state index in [4.69, 9.17) is 0 Å². The summed E-state index contributed by atoms with van der Waals surface area (Å²) in [5.41, 5.74) is 1.24. The minimum absolute atomic E-state index is 0.231. The summed E-state index contributed by atoms with van der Waals surface area (Å²) in [6, 6.07) is 12.8. The van der Waals surface area contributed by atoms with Crippen LogP contribution in [0.15, 0.2) is 53.1 Å². The lowest BCUT2D eigenvalue weighted by molar-refractivity contribution is 0.102. The van der Waals surface area contributed by atoms with Crippen LogP contribution in [0.1, 0.15) is 10.4 Å². The molecule has 0 unspecified atom stereocenters. The standard InChI is InChI=1S/C13H9BrN4O/c14-10-6-2-1-5-9(10)12(19)15-13-17-16-11-7-3-4-8-18(11)13/h1-8H,(H,15,17,19). The number of amides is 1. The molecule has 0 atom stereocenters. The summed E-state index contributed by atoms with van der Waals surface area (Å²) in [6.07, 6.45) is 1.80. The lowest BCUT2D eigenvalue weighted by Gasteiger charge is -2.04. The highest BCUT2D eigenvalue weighted by molar-refractivity contribution is 9.10. The van der Waals surface area contributed by atoms with Crippen molar-refractivity contribution in [3.63, 3.8) is 0 Å². The van der Waals surface area contributed by atoms with Crippen LogP contribution in [0.5, 0.6) is 0 Å². The second-order valence-electron chi connectivity index (χ2n) is 3.89. The Labute approximate surface area is 117 Å². The van der Waals surface area contributed by atoms with Gasteiger partial charge in [0.05, 0.1) is 5.56 Å². The Morgan fingerprint density at radius 1 is 1.11 bits per heavy atom. The van der Waals surface area contributed by atoms with Crippen LogP contribution in [0.2, 0.25) is 0 Å². The van der Waals surface area contributed by atoms with Gasteiger partial charge in [0.15, 0.2) is 5.65 Å². The molecule has 1 N–H and O–H groups in total. The van der Waals surface area contributed by atoms with Gasteiger partial charge in [0.2, 0.25) is 5.95 Å². The van der Waals surface area contributed by atoms with Gasteiger partial charge in [-0.3, -0.25) is 14.5 Å². The zero-order chi connectivity index (χ0) is 13.2. The molecule has 0 aliphatic rings. The highest BCUT2D eigenvalue weighted by atomic mass is 79.9. The molecular weight excluding hydrogens is 308 g/mol. The molecule has 2 aromatic heterocycles. The molecule has 0 aliphatic heterocycles. The van der Waals surface area contributed by atoms with Crippen LogP contribution in [-0.2, 0) is 0 Å². The Balaban J connectivity index is 1.94. The van der Waals surface area contributed by atoms with E-state index in [-0.39, 0.29) is 5.91 Å². The zero-order valence-corrected chi connectivity index (χ0v) is 11.3. The Bertz CT molecular complexity index is 753. The molecule has 0 aliphatic carbocycles. The number of nitrogens with zero attached hydrogens (tertiary/aromatic N) is 3. The topological polar surface area (TPSA) is 59.3 Å². The number of fused-ring (bicyclic) bond motifs is 1. The monoisotopic (exact) mass is 316 g/mol. The first kappa shape index (κ1) is 11.9. The minimum Gasteiger partial charge on any atom is -0.290 e. The van der Waals surface area contributed by atoms with Gasteiger partial charge in [0, 0.05) is 10.7 Å². The van der Waals surface area contributed by atoms with E-state index in [1.54, 1.807) is 16.7 Å². The third-order valence-electron chi connectivity index (χ3n) is 2.66. The summed E-state index contributed by atoms with van der Waals surface area (Å²) in [5, 5.41) is 10.7. The maximum absolute atomic E-state index is 12.2. The molecule has 6 heteroatoms. The summed E-state index contributed by atoms with van der Waals surface area (Å²) in [7, 11) is 0. The molecule has 0 bridgehead atoms. The molecule has 0 radical (unpaired) electrons. The smallest absolute Gasteiger partial charge is 0.259 e. The van der Waals surface area contributed by atoms with Crippen molar-refractivity contribution >= 4 is 33.4 Å². The number of nitrogens with one attached hydrogen (secondary N) is 1. The number of carbonyl (C=O) groups is 1. The molecule has 3 rings (SSSR count). The summed E-state index contributed by atoms with van der Waals surface area (Å²) in [6.45, 7) is 0. The van der Waals surface area contributed by atoms with E-state index in [1.165, 1.54) is 0 Å². The van der Waals surface area contributed by atoms with E-state index in [9.17, 15) is 4.79 Å². The van der Waals surface area contributed by atoms with E-state index in [0.717, 1.165) is 4.47 Å². The number of hydrogen-bond donors (Lipinski definition) is 1.